The topological polar surface area (TPSA) is 67.5 Å². The maximum atomic E-state index is 12.5. The third kappa shape index (κ3) is 2.83. The first-order valence-corrected chi connectivity index (χ1v) is 8.96. The molecule has 0 aliphatic carbocycles. The highest BCUT2D eigenvalue weighted by Gasteiger charge is 2.20. The van der Waals surface area contributed by atoms with Gasteiger partial charge in [0.05, 0.1) is 17.4 Å². The van der Waals surface area contributed by atoms with Crippen LogP contribution < -0.4 is 5.32 Å². The van der Waals surface area contributed by atoms with Crippen molar-refractivity contribution in [2.45, 2.75) is 32.5 Å². The van der Waals surface area contributed by atoms with Crippen LogP contribution in [0, 0.1) is 0 Å². The lowest BCUT2D eigenvalue weighted by molar-refractivity contribution is 0.0933. The molecule has 0 radical (unpaired) electrons. The third-order valence-electron chi connectivity index (χ3n) is 4.34. The molecule has 3 aromatic heterocycles. The molecule has 1 aliphatic rings. The Bertz CT molecular complexity index is 850. The Morgan fingerprint density at radius 3 is 3.12 bits per heavy atom. The van der Waals surface area contributed by atoms with Gasteiger partial charge in [-0.2, -0.15) is 5.10 Å². The summed E-state index contributed by atoms with van der Waals surface area (Å²) in [7, 11) is 2.09. The van der Waals surface area contributed by atoms with E-state index in [1.165, 1.54) is 0 Å². The number of carbonyl (C=O) groups is 1. The first-order chi connectivity index (χ1) is 11.6. The van der Waals surface area contributed by atoms with Gasteiger partial charge in [0.2, 0.25) is 0 Å². The quantitative estimate of drug-likeness (QED) is 0.788. The van der Waals surface area contributed by atoms with E-state index in [1.807, 2.05) is 39.8 Å². The molecule has 0 bridgehead atoms. The van der Waals surface area contributed by atoms with Crippen LogP contribution in [0.4, 0.5) is 0 Å². The number of amides is 1. The lowest BCUT2D eigenvalue weighted by atomic mass is 10.2. The number of fused-ring (bicyclic) bond motifs is 2. The molecule has 3 aromatic rings. The zero-order valence-corrected chi connectivity index (χ0v) is 14.6. The molecule has 0 aromatic carbocycles. The molecular weight excluding hydrogens is 324 g/mol. The van der Waals surface area contributed by atoms with E-state index in [-0.39, 0.29) is 11.9 Å². The van der Waals surface area contributed by atoms with Crippen molar-refractivity contribution in [1.82, 2.24) is 29.4 Å². The molecule has 0 fully saturated rings. The van der Waals surface area contributed by atoms with Gasteiger partial charge in [-0.15, -0.1) is 11.3 Å². The molecule has 8 heteroatoms. The first-order valence-electron chi connectivity index (χ1n) is 8.08. The highest BCUT2D eigenvalue weighted by molar-refractivity contribution is 7.15. The average Bonchev–Trinajstić information content (AvgIpc) is 3.20. The van der Waals surface area contributed by atoms with E-state index in [0.717, 1.165) is 42.4 Å². The fraction of sp³-hybridized carbons (Fsp3) is 0.438. The van der Waals surface area contributed by atoms with Crippen LogP contribution in [0.1, 0.15) is 41.3 Å². The second-order valence-electron chi connectivity index (χ2n) is 6.29. The van der Waals surface area contributed by atoms with E-state index in [9.17, 15) is 4.79 Å². The summed E-state index contributed by atoms with van der Waals surface area (Å²) in [6.07, 6.45) is 4.97. The van der Waals surface area contributed by atoms with E-state index < -0.39 is 0 Å². The third-order valence-corrected chi connectivity index (χ3v) is 5.11. The summed E-state index contributed by atoms with van der Waals surface area (Å²) in [6.45, 7) is 4.69. The van der Waals surface area contributed by atoms with Crippen LogP contribution in [0.2, 0.25) is 0 Å². The van der Waals surface area contributed by atoms with E-state index >= 15 is 0 Å². The number of rotatable bonds is 3. The fourth-order valence-corrected chi connectivity index (χ4v) is 3.74. The predicted molar refractivity (Wildman–Crippen MR) is 92.1 cm³/mol. The second-order valence-corrected chi connectivity index (χ2v) is 7.16. The monoisotopic (exact) mass is 344 g/mol. The maximum Gasteiger partial charge on any atom is 0.272 e. The number of aryl methyl sites for hydroxylation is 1. The Hall–Kier alpha value is -2.19. The van der Waals surface area contributed by atoms with Gasteiger partial charge >= 0.3 is 0 Å². The van der Waals surface area contributed by atoms with E-state index in [0.29, 0.717) is 5.69 Å². The number of hydrogen-bond acceptors (Lipinski definition) is 5. The summed E-state index contributed by atoms with van der Waals surface area (Å²) in [5, 5.41) is 9.47. The lowest BCUT2D eigenvalue weighted by Crippen LogP contribution is -2.27. The number of carbonyl (C=O) groups excluding carboxylic acids is 1. The van der Waals surface area contributed by atoms with Crippen molar-refractivity contribution in [1.29, 1.82) is 0 Å². The standard InChI is InChI=1S/C16H20N6OS/c1-11(14-10-21-6-7-24-16(21)18-14)17-15(23)13-8-12-9-20(2)4-3-5-22(12)19-13/h6-8,10-11H,3-5,9H2,1-2H3,(H,17,23)/t11-/m0/s1. The van der Waals surface area contributed by atoms with Crippen LogP contribution in [0.15, 0.2) is 23.8 Å². The molecule has 7 nitrogen and oxygen atoms in total. The van der Waals surface area contributed by atoms with Crippen LogP contribution in [0.3, 0.4) is 0 Å². The molecule has 24 heavy (non-hydrogen) atoms. The number of nitrogens with one attached hydrogen (secondary N) is 1. The first kappa shape index (κ1) is 15.3. The Kier molecular flexibility index (Phi) is 3.85. The Morgan fingerprint density at radius 1 is 1.42 bits per heavy atom. The molecule has 4 rings (SSSR count). The van der Waals surface area contributed by atoms with Crippen molar-refractivity contribution in [3.8, 4) is 0 Å². The predicted octanol–water partition coefficient (Wildman–Crippen LogP) is 1.92. The van der Waals surface area contributed by atoms with Crippen LogP contribution in [0.5, 0.6) is 0 Å². The number of thiazole rings is 1. The Labute approximate surface area is 143 Å². The van der Waals surface area contributed by atoms with Crippen molar-refractivity contribution >= 4 is 22.2 Å². The summed E-state index contributed by atoms with van der Waals surface area (Å²) in [5.74, 6) is -0.151. The number of aromatic nitrogens is 4. The van der Waals surface area contributed by atoms with Crippen LogP contribution in [0.25, 0.3) is 4.96 Å². The van der Waals surface area contributed by atoms with Crippen molar-refractivity contribution in [3.05, 3.63) is 40.9 Å². The normalized spacial score (nSPS) is 16.8. The van der Waals surface area contributed by atoms with Gasteiger partial charge in [0, 0.05) is 37.4 Å². The van der Waals surface area contributed by atoms with E-state index in [1.54, 1.807) is 11.3 Å². The van der Waals surface area contributed by atoms with Crippen molar-refractivity contribution in [2.24, 2.45) is 0 Å². The molecule has 0 unspecified atom stereocenters. The van der Waals surface area contributed by atoms with Crippen molar-refractivity contribution in [3.63, 3.8) is 0 Å². The Balaban J connectivity index is 1.49. The maximum absolute atomic E-state index is 12.5. The lowest BCUT2D eigenvalue weighted by Gasteiger charge is -2.11. The summed E-state index contributed by atoms with van der Waals surface area (Å²) in [5.41, 5.74) is 2.43. The zero-order valence-electron chi connectivity index (χ0n) is 13.8. The second kappa shape index (κ2) is 6.03. The summed E-state index contributed by atoms with van der Waals surface area (Å²) >= 11 is 1.58. The highest BCUT2D eigenvalue weighted by Crippen LogP contribution is 2.18. The van der Waals surface area contributed by atoms with Gasteiger partial charge in [-0.3, -0.25) is 13.9 Å². The fourth-order valence-electron chi connectivity index (χ4n) is 3.03. The minimum Gasteiger partial charge on any atom is -0.342 e. The molecule has 0 saturated carbocycles. The van der Waals surface area contributed by atoms with Crippen LogP contribution >= 0.6 is 11.3 Å². The molecule has 1 aliphatic heterocycles. The van der Waals surface area contributed by atoms with Gasteiger partial charge in [-0.1, -0.05) is 0 Å². The van der Waals surface area contributed by atoms with Gasteiger partial charge in [-0.25, -0.2) is 4.98 Å². The van der Waals surface area contributed by atoms with Gasteiger partial charge in [0.25, 0.3) is 5.91 Å². The highest BCUT2D eigenvalue weighted by atomic mass is 32.1. The SMILES string of the molecule is C[C@H](NC(=O)c1cc2n(n1)CCCN(C)C2)c1cn2ccsc2n1. The van der Waals surface area contributed by atoms with Gasteiger partial charge in [-0.05, 0) is 26.5 Å². The summed E-state index contributed by atoms with van der Waals surface area (Å²) < 4.78 is 3.92. The number of nitrogens with zero attached hydrogens (tertiary/aromatic N) is 5. The molecule has 1 amide bonds. The van der Waals surface area contributed by atoms with Gasteiger partial charge in [0.15, 0.2) is 10.7 Å². The molecule has 0 saturated heterocycles. The molecule has 4 heterocycles. The Morgan fingerprint density at radius 2 is 2.29 bits per heavy atom. The minimum absolute atomic E-state index is 0.151. The zero-order chi connectivity index (χ0) is 16.7. The number of hydrogen-bond donors (Lipinski definition) is 1. The number of imidazole rings is 1. The summed E-state index contributed by atoms with van der Waals surface area (Å²) in [6, 6.07) is 1.74. The van der Waals surface area contributed by atoms with Crippen LogP contribution in [-0.2, 0) is 13.1 Å². The van der Waals surface area contributed by atoms with Crippen molar-refractivity contribution < 1.29 is 4.79 Å². The molecule has 126 valence electrons. The van der Waals surface area contributed by atoms with E-state index in [4.69, 9.17) is 0 Å². The largest absolute Gasteiger partial charge is 0.342 e. The van der Waals surface area contributed by atoms with E-state index in [2.05, 4.69) is 27.3 Å². The summed E-state index contributed by atoms with van der Waals surface area (Å²) in [4.78, 5) is 20.3. The smallest absolute Gasteiger partial charge is 0.272 e. The van der Waals surface area contributed by atoms with Gasteiger partial charge in [0.1, 0.15) is 0 Å². The molecule has 0 spiro atoms. The van der Waals surface area contributed by atoms with Crippen molar-refractivity contribution in [2.75, 3.05) is 13.6 Å². The minimum atomic E-state index is -0.159. The average molecular weight is 344 g/mol. The van der Waals surface area contributed by atoms with Gasteiger partial charge < -0.3 is 10.2 Å². The molecule has 1 atom stereocenters. The van der Waals surface area contributed by atoms with Crippen LogP contribution in [-0.4, -0.2) is 43.6 Å². The molecule has 1 N–H and O–H groups in total. The molecular formula is C16H20N6OS.